The van der Waals surface area contributed by atoms with Crippen molar-refractivity contribution in [3.8, 4) is 11.4 Å². The van der Waals surface area contributed by atoms with E-state index in [0.29, 0.717) is 11.3 Å². The van der Waals surface area contributed by atoms with E-state index in [1.54, 1.807) is 12.1 Å². The highest BCUT2D eigenvalue weighted by Gasteiger charge is 2.17. The molecule has 0 saturated carbocycles. The first-order valence-corrected chi connectivity index (χ1v) is 10.8. The lowest BCUT2D eigenvalue weighted by atomic mass is 10.1. The molecule has 146 valence electrons. The highest BCUT2D eigenvalue weighted by Crippen LogP contribution is 2.22. The Balaban J connectivity index is 1.76. The van der Waals surface area contributed by atoms with Crippen LogP contribution in [0.5, 0.6) is 5.75 Å². The van der Waals surface area contributed by atoms with Crippen LogP contribution in [0.3, 0.4) is 0 Å². The number of carbonyl (C=O) groups is 1. The standard InChI is InChI=1S/C22H23NO4S/c1-15-5-7-18(8-6-15)23-16(2)13-21(17(23)3)22(24)14-27-19-9-11-20(12-10-19)28(4,25)26/h5-13H,14H2,1-4H3. The van der Waals surface area contributed by atoms with Gasteiger partial charge in [-0.25, -0.2) is 8.42 Å². The van der Waals surface area contributed by atoms with Gasteiger partial charge >= 0.3 is 0 Å². The Morgan fingerprint density at radius 1 is 0.964 bits per heavy atom. The Kier molecular flexibility index (Phi) is 5.42. The number of ether oxygens (including phenoxy) is 1. The summed E-state index contributed by atoms with van der Waals surface area (Å²) in [5.74, 6) is 0.326. The molecule has 0 unspecified atom stereocenters. The summed E-state index contributed by atoms with van der Waals surface area (Å²) in [4.78, 5) is 12.9. The summed E-state index contributed by atoms with van der Waals surface area (Å²) in [7, 11) is -3.26. The Labute approximate surface area is 165 Å². The van der Waals surface area contributed by atoms with Gasteiger partial charge < -0.3 is 9.30 Å². The van der Waals surface area contributed by atoms with Crippen LogP contribution in [0.15, 0.2) is 59.5 Å². The van der Waals surface area contributed by atoms with Crippen molar-refractivity contribution in [2.75, 3.05) is 12.9 Å². The van der Waals surface area contributed by atoms with Crippen LogP contribution in [0.25, 0.3) is 5.69 Å². The third-order valence-electron chi connectivity index (χ3n) is 4.65. The quantitative estimate of drug-likeness (QED) is 0.588. The molecular formula is C22H23NO4S. The van der Waals surface area contributed by atoms with Crippen molar-refractivity contribution in [2.24, 2.45) is 0 Å². The molecule has 1 heterocycles. The number of hydrogen-bond acceptors (Lipinski definition) is 4. The molecule has 0 aliphatic carbocycles. The van der Waals surface area contributed by atoms with E-state index in [1.165, 1.54) is 17.7 Å². The average molecular weight is 397 g/mol. The SMILES string of the molecule is Cc1ccc(-n2c(C)cc(C(=O)COc3ccc(S(C)(=O)=O)cc3)c2C)cc1. The zero-order chi connectivity index (χ0) is 20.5. The second-order valence-electron chi connectivity index (χ2n) is 6.91. The number of aryl methyl sites for hydroxylation is 2. The minimum absolute atomic E-state index is 0.115. The Hall–Kier alpha value is -2.86. The molecule has 0 spiro atoms. The van der Waals surface area contributed by atoms with E-state index in [-0.39, 0.29) is 17.3 Å². The molecule has 0 radical (unpaired) electrons. The van der Waals surface area contributed by atoms with Crippen LogP contribution in [0.1, 0.15) is 27.3 Å². The molecule has 5 nitrogen and oxygen atoms in total. The van der Waals surface area contributed by atoms with Gasteiger partial charge in [0.25, 0.3) is 0 Å². The second-order valence-corrected chi connectivity index (χ2v) is 8.93. The minimum Gasteiger partial charge on any atom is -0.485 e. The summed E-state index contributed by atoms with van der Waals surface area (Å²) in [6.45, 7) is 5.81. The number of benzene rings is 2. The molecule has 0 fully saturated rings. The van der Waals surface area contributed by atoms with Gasteiger partial charge in [-0.05, 0) is 63.2 Å². The van der Waals surface area contributed by atoms with E-state index in [2.05, 4.69) is 0 Å². The first kappa shape index (κ1) is 19.9. The van der Waals surface area contributed by atoms with E-state index >= 15 is 0 Å². The van der Waals surface area contributed by atoms with Crippen molar-refractivity contribution in [3.05, 3.63) is 77.1 Å². The maximum atomic E-state index is 12.7. The predicted molar refractivity (Wildman–Crippen MR) is 109 cm³/mol. The van der Waals surface area contributed by atoms with Crippen molar-refractivity contribution in [1.82, 2.24) is 4.57 Å². The first-order valence-electron chi connectivity index (χ1n) is 8.89. The summed E-state index contributed by atoms with van der Waals surface area (Å²) in [6.07, 6.45) is 1.15. The second kappa shape index (κ2) is 7.64. The molecule has 0 aliphatic rings. The zero-order valence-electron chi connectivity index (χ0n) is 16.4. The largest absolute Gasteiger partial charge is 0.485 e. The molecule has 0 amide bonds. The van der Waals surface area contributed by atoms with E-state index in [1.807, 2.05) is 55.7 Å². The first-order chi connectivity index (χ1) is 13.2. The maximum absolute atomic E-state index is 12.7. The Morgan fingerprint density at radius 2 is 1.57 bits per heavy atom. The highest BCUT2D eigenvalue weighted by atomic mass is 32.2. The monoisotopic (exact) mass is 397 g/mol. The summed E-state index contributed by atoms with van der Waals surface area (Å²) in [6, 6.07) is 16.1. The smallest absolute Gasteiger partial charge is 0.202 e. The molecule has 2 aromatic carbocycles. The van der Waals surface area contributed by atoms with Crippen molar-refractivity contribution >= 4 is 15.6 Å². The molecule has 3 aromatic rings. The lowest BCUT2D eigenvalue weighted by Crippen LogP contribution is -2.12. The predicted octanol–water partition coefficient (Wildman–Crippen LogP) is 4.07. The van der Waals surface area contributed by atoms with E-state index in [0.717, 1.165) is 23.3 Å². The number of nitrogens with zero attached hydrogens (tertiary/aromatic N) is 1. The highest BCUT2D eigenvalue weighted by molar-refractivity contribution is 7.90. The van der Waals surface area contributed by atoms with Crippen molar-refractivity contribution < 1.29 is 17.9 Å². The molecule has 0 aliphatic heterocycles. The topological polar surface area (TPSA) is 65.4 Å². The summed E-state index contributed by atoms with van der Waals surface area (Å²) in [5.41, 5.74) is 4.64. The van der Waals surface area contributed by atoms with Gasteiger partial charge in [-0.2, -0.15) is 0 Å². The van der Waals surface area contributed by atoms with Gasteiger partial charge in [-0.3, -0.25) is 4.79 Å². The average Bonchev–Trinajstić information content (AvgIpc) is 2.94. The normalized spacial score (nSPS) is 11.4. The van der Waals surface area contributed by atoms with Crippen LogP contribution in [0, 0.1) is 20.8 Å². The molecule has 0 N–H and O–H groups in total. The van der Waals surface area contributed by atoms with Gasteiger partial charge in [0.2, 0.25) is 5.78 Å². The number of Topliss-reactive ketones (excluding diaryl/α,β-unsaturated/α-hetero) is 1. The number of carbonyl (C=O) groups excluding carboxylic acids is 1. The van der Waals surface area contributed by atoms with Crippen LogP contribution in [-0.4, -0.2) is 31.6 Å². The van der Waals surface area contributed by atoms with Crippen molar-refractivity contribution in [3.63, 3.8) is 0 Å². The van der Waals surface area contributed by atoms with Crippen molar-refractivity contribution in [1.29, 1.82) is 0 Å². The zero-order valence-corrected chi connectivity index (χ0v) is 17.2. The van der Waals surface area contributed by atoms with Gasteiger partial charge in [-0.15, -0.1) is 0 Å². The van der Waals surface area contributed by atoms with Gasteiger partial charge in [0, 0.05) is 28.9 Å². The van der Waals surface area contributed by atoms with E-state index < -0.39 is 9.84 Å². The molecule has 0 saturated heterocycles. The van der Waals surface area contributed by atoms with Crippen LogP contribution >= 0.6 is 0 Å². The molecule has 3 rings (SSSR count). The number of aromatic nitrogens is 1. The van der Waals surface area contributed by atoms with Gasteiger partial charge in [0.15, 0.2) is 16.4 Å². The summed E-state index contributed by atoms with van der Waals surface area (Å²) >= 11 is 0. The molecule has 0 bridgehead atoms. The van der Waals surface area contributed by atoms with Crippen LogP contribution in [0.2, 0.25) is 0 Å². The van der Waals surface area contributed by atoms with Gasteiger partial charge in [0.05, 0.1) is 4.90 Å². The molecule has 28 heavy (non-hydrogen) atoms. The van der Waals surface area contributed by atoms with Crippen LogP contribution in [-0.2, 0) is 9.84 Å². The lowest BCUT2D eigenvalue weighted by molar-refractivity contribution is 0.0921. The molecular weight excluding hydrogens is 374 g/mol. The molecule has 0 atom stereocenters. The Morgan fingerprint density at radius 3 is 2.14 bits per heavy atom. The summed E-state index contributed by atoms with van der Waals surface area (Å²) < 4.78 is 30.6. The van der Waals surface area contributed by atoms with Gasteiger partial charge in [0.1, 0.15) is 5.75 Å². The number of sulfone groups is 1. The third kappa shape index (κ3) is 4.17. The maximum Gasteiger partial charge on any atom is 0.202 e. The van der Waals surface area contributed by atoms with Crippen LogP contribution < -0.4 is 4.74 Å². The third-order valence-corrected chi connectivity index (χ3v) is 5.77. The van der Waals surface area contributed by atoms with E-state index in [4.69, 9.17) is 4.74 Å². The number of rotatable bonds is 6. The van der Waals surface area contributed by atoms with Crippen LogP contribution in [0.4, 0.5) is 0 Å². The van der Waals surface area contributed by atoms with E-state index in [9.17, 15) is 13.2 Å². The fourth-order valence-corrected chi connectivity index (χ4v) is 3.78. The molecule has 6 heteroatoms. The summed E-state index contributed by atoms with van der Waals surface area (Å²) in [5, 5.41) is 0. The molecule has 1 aromatic heterocycles. The fraction of sp³-hybridized carbons (Fsp3) is 0.227. The minimum atomic E-state index is -3.26. The van der Waals surface area contributed by atoms with Crippen molar-refractivity contribution in [2.45, 2.75) is 25.7 Å². The van der Waals surface area contributed by atoms with Gasteiger partial charge in [-0.1, -0.05) is 17.7 Å². The number of hydrogen-bond donors (Lipinski definition) is 0. The Bertz CT molecular complexity index is 1110. The fourth-order valence-electron chi connectivity index (χ4n) is 3.15. The number of ketones is 1. The lowest BCUT2D eigenvalue weighted by Gasteiger charge is -2.10.